The van der Waals surface area contributed by atoms with Crippen molar-refractivity contribution in [2.75, 3.05) is 19.8 Å². The van der Waals surface area contributed by atoms with Crippen LogP contribution in [0, 0.1) is 0 Å². The molecule has 18 heavy (non-hydrogen) atoms. The zero-order valence-electron chi connectivity index (χ0n) is 10.7. The number of hydrogen-bond acceptors (Lipinski definition) is 5. The van der Waals surface area contributed by atoms with Crippen LogP contribution in [0.1, 0.15) is 25.5 Å². The van der Waals surface area contributed by atoms with E-state index in [1.165, 1.54) is 0 Å². The maximum Gasteiger partial charge on any atom is 0.344 e. The third-order valence-corrected chi connectivity index (χ3v) is 2.32. The van der Waals surface area contributed by atoms with Gasteiger partial charge < -0.3 is 15.2 Å². The molecule has 1 aromatic rings. The van der Waals surface area contributed by atoms with Crippen molar-refractivity contribution in [3.63, 3.8) is 0 Å². The van der Waals surface area contributed by atoms with Crippen LogP contribution in [0.25, 0.3) is 0 Å². The van der Waals surface area contributed by atoms with Crippen molar-refractivity contribution in [3.8, 4) is 5.75 Å². The zero-order chi connectivity index (χ0) is 13.2. The predicted molar refractivity (Wildman–Crippen MR) is 68.4 cm³/mol. The topological polar surface area (TPSA) is 74.4 Å². The molecule has 0 saturated heterocycles. The second-order valence-electron chi connectivity index (χ2n) is 3.89. The van der Waals surface area contributed by atoms with Crippen molar-refractivity contribution >= 4 is 5.97 Å². The summed E-state index contributed by atoms with van der Waals surface area (Å²) >= 11 is 0. The number of esters is 1. The summed E-state index contributed by atoms with van der Waals surface area (Å²) < 4.78 is 10.2. The molecular weight excluding hydrogens is 232 g/mol. The van der Waals surface area contributed by atoms with E-state index in [0.717, 1.165) is 25.0 Å². The maximum atomic E-state index is 11.3. The second kappa shape index (κ2) is 8.47. The predicted octanol–water partition coefficient (Wildman–Crippen LogP) is 1.30. The normalized spacial score (nSPS) is 10.1. The van der Waals surface area contributed by atoms with Gasteiger partial charge >= 0.3 is 5.97 Å². The molecule has 0 bridgehead atoms. The SMILES string of the molecule is CCCCOC(=O)COc1ccc(CCN)nc1. The number of pyridine rings is 1. The number of ether oxygens (including phenoxy) is 2. The van der Waals surface area contributed by atoms with Gasteiger partial charge in [0.2, 0.25) is 0 Å². The van der Waals surface area contributed by atoms with Gasteiger partial charge in [-0.2, -0.15) is 0 Å². The van der Waals surface area contributed by atoms with E-state index < -0.39 is 0 Å². The molecule has 0 saturated carbocycles. The van der Waals surface area contributed by atoms with Crippen LogP contribution in [0.5, 0.6) is 5.75 Å². The van der Waals surface area contributed by atoms with Crippen LogP contribution in [0.2, 0.25) is 0 Å². The summed E-state index contributed by atoms with van der Waals surface area (Å²) in [5.41, 5.74) is 6.33. The first-order chi connectivity index (χ1) is 8.76. The van der Waals surface area contributed by atoms with E-state index in [1.807, 2.05) is 13.0 Å². The zero-order valence-corrected chi connectivity index (χ0v) is 10.7. The first-order valence-corrected chi connectivity index (χ1v) is 6.19. The highest BCUT2D eigenvalue weighted by Crippen LogP contribution is 2.09. The standard InChI is InChI=1S/C13H20N2O3/c1-2-3-8-17-13(16)10-18-12-5-4-11(6-7-14)15-9-12/h4-5,9H,2-3,6-8,10,14H2,1H3. The molecule has 5 heteroatoms. The highest BCUT2D eigenvalue weighted by molar-refractivity contribution is 5.71. The van der Waals surface area contributed by atoms with Crippen molar-refractivity contribution in [3.05, 3.63) is 24.0 Å². The number of carbonyl (C=O) groups excluding carboxylic acids is 1. The highest BCUT2D eigenvalue weighted by Gasteiger charge is 2.04. The Kier molecular flexibility index (Phi) is 6.79. The number of nitrogens with zero attached hydrogens (tertiary/aromatic N) is 1. The second-order valence-corrected chi connectivity index (χ2v) is 3.89. The fraction of sp³-hybridized carbons (Fsp3) is 0.538. The van der Waals surface area contributed by atoms with E-state index in [0.29, 0.717) is 18.9 Å². The van der Waals surface area contributed by atoms with Crippen LogP contribution in [0.3, 0.4) is 0 Å². The molecule has 2 N–H and O–H groups in total. The number of carbonyl (C=O) groups is 1. The number of aromatic nitrogens is 1. The van der Waals surface area contributed by atoms with Crippen LogP contribution in [-0.2, 0) is 16.0 Å². The minimum absolute atomic E-state index is 0.0817. The summed E-state index contributed by atoms with van der Waals surface area (Å²) in [4.78, 5) is 15.4. The summed E-state index contributed by atoms with van der Waals surface area (Å²) in [6.45, 7) is 2.98. The molecular formula is C13H20N2O3. The minimum atomic E-state index is -0.352. The Morgan fingerprint density at radius 2 is 2.28 bits per heavy atom. The van der Waals surface area contributed by atoms with Gasteiger partial charge in [0.1, 0.15) is 5.75 Å². The van der Waals surface area contributed by atoms with Crippen LogP contribution in [0.4, 0.5) is 0 Å². The van der Waals surface area contributed by atoms with Crippen molar-refractivity contribution in [2.24, 2.45) is 5.73 Å². The lowest BCUT2D eigenvalue weighted by Crippen LogP contribution is -2.15. The van der Waals surface area contributed by atoms with E-state index in [-0.39, 0.29) is 12.6 Å². The Morgan fingerprint density at radius 1 is 1.44 bits per heavy atom. The Morgan fingerprint density at radius 3 is 2.89 bits per heavy atom. The molecule has 0 aliphatic heterocycles. The lowest BCUT2D eigenvalue weighted by molar-refractivity contribution is -0.146. The van der Waals surface area contributed by atoms with E-state index in [1.54, 1.807) is 12.3 Å². The molecule has 0 fully saturated rings. The molecule has 0 atom stereocenters. The Labute approximate surface area is 107 Å². The number of unbranched alkanes of at least 4 members (excludes halogenated alkanes) is 1. The van der Waals surface area contributed by atoms with Gasteiger partial charge in [-0.25, -0.2) is 4.79 Å². The lowest BCUT2D eigenvalue weighted by Gasteiger charge is -2.06. The molecule has 0 amide bonds. The molecule has 0 spiro atoms. The van der Waals surface area contributed by atoms with Crippen molar-refractivity contribution < 1.29 is 14.3 Å². The van der Waals surface area contributed by atoms with Crippen molar-refractivity contribution in [1.29, 1.82) is 0 Å². The molecule has 5 nitrogen and oxygen atoms in total. The molecule has 0 radical (unpaired) electrons. The Balaban J connectivity index is 2.27. The molecule has 0 aromatic carbocycles. The molecule has 1 aromatic heterocycles. The largest absolute Gasteiger partial charge is 0.480 e. The van der Waals surface area contributed by atoms with Crippen LogP contribution >= 0.6 is 0 Å². The highest BCUT2D eigenvalue weighted by atomic mass is 16.6. The van der Waals surface area contributed by atoms with E-state index in [4.69, 9.17) is 15.2 Å². The van der Waals surface area contributed by atoms with Gasteiger partial charge in [0.05, 0.1) is 12.8 Å². The van der Waals surface area contributed by atoms with Gasteiger partial charge in [-0.1, -0.05) is 13.3 Å². The van der Waals surface area contributed by atoms with Gasteiger partial charge in [-0.05, 0) is 25.1 Å². The van der Waals surface area contributed by atoms with Crippen LogP contribution in [-0.4, -0.2) is 30.7 Å². The Bertz CT molecular complexity index is 352. The molecule has 1 rings (SSSR count). The number of rotatable bonds is 8. The van der Waals surface area contributed by atoms with E-state index in [2.05, 4.69) is 4.98 Å². The maximum absolute atomic E-state index is 11.3. The summed E-state index contributed by atoms with van der Waals surface area (Å²) in [7, 11) is 0. The smallest absolute Gasteiger partial charge is 0.344 e. The molecule has 1 heterocycles. The molecule has 0 unspecified atom stereocenters. The van der Waals surface area contributed by atoms with Crippen molar-refractivity contribution in [2.45, 2.75) is 26.2 Å². The van der Waals surface area contributed by atoms with Gasteiger partial charge in [0, 0.05) is 12.1 Å². The van der Waals surface area contributed by atoms with Gasteiger partial charge in [0.25, 0.3) is 0 Å². The summed E-state index contributed by atoms with van der Waals surface area (Å²) in [6, 6.07) is 3.61. The first-order valence-electron chi connectivity index (χ1n) is 6.19. The fourth-order valence-electron chi connectivity index (χ4n) is 1.31. The van der Waals surface area contributed by atoms with Gasteiger partial charge in [-0.3, -0.25) is 4.98 Å². The molecule has 100 valence electrons. The molecule has 0 aliphatic carbocycles. The molecule has 0 aliphatic rings. The average Bonchev–Trinajstić information content (AvgIpc) is 2.39. The summed E-state index contributed by atoms with van der Waals surface area (Å²) in [6.07, 6.45) is 4.20. The first kappa shape index (κ1) is 14.4. The van der Waals surface area contributed by atoms with E-state index in [9.17, 15) is 4.79 Å². The number of nitrogens with two attached hydrogens (primary N) is 1. The summed E-state index contributed by atoms with van der Waals surface area (Å²) in [5.74, 6) is 0.206. The van der Waals surface area contributed by atoms with E-state index >= 15 is 0 Å². The summed E-state index contributed by atoms with van der Waals surface area (Å²) in [5, 5.41) is 0. The third kappa shape index (κ3) is 5.63. The number of hydrogen-bond donors (Lipinski definition) is 1. The lowest BCUT2D eigenvalue weighted by atomic mass is 10.3. The van der Waals surface area contributed by atoms with Crippen molar-refractivity contribution in [1.82, 2.24) is 4.98 Å². The van der Waals surface area contributed by atoms with Crippen LogP contribution in [0.15, 0.2) is 18.3 Å². The van der Waals surface area contributed by atoms with Gasteiger partial charge in [0.15, 0.2) is 6.61 Å². The minimum Gasteiger partial charge on any atom is -0.480 e. The Hall–Kier alpha value is -1.62. The third-order valence-electron chi connectivity index (χ3n) is 2.32. The monoisotopic (exact) mass is 252 g/mol. The quantitative estimate of drug-likeness (QED) is 0.557. The van der Waals surface area contributed by atoms with Gasteiger partial charge in [-0.15, -0.1) is 0 Å². The average molecular weight is 252 g/mol. The van der Waals surface area contributed by atoms with Crippen LogP contribution < -0.4 is 10.5 Å². The fourth-order valence-corrected chi connectivity index (χ4v) is 1.31.